The number of nitrogens with zero attached hydrogens (tertiary/aromatic N) is 1. The molecule has 1 aromatic carbocycles. The number of nitrogens with one attached hydrogen (secondary N) is 2. The lowest BCUT2D eigenvalue weighted by Gasteiger charge is -2.09. The third-order valence-electron chi connectivity index (χ3n) is 3.61. The number of carbonyl (C=O) groups is 2. The third kappa shape index (κ3) is 6.22. The van der Waals surface area contributed by atoms with Crippen molar-refractivity contribution in [1.29, 1.82) is 0 Å². The molecule has 1 aromatic heterocycles. The highest BCUT2D eigenvalue weighted by molar-refractivity contribution is 7.14. The van der Waals surface area contributed by atoms with Crippen LogP contribution in [-0.4, -0.2) is 51.3 Å². The second-order valence-corrected chi connectivity index (χ2v) is 6.40. The van der Waals surface area contributed by atoms with Crippen molar-refractivity contribution in [1.82, 2.24) is 10.3 Å². The average Bonchev–Trinajstić information content (AvgIpc) is 3.11. The summed E-state index contributed by atoms with van der Waals surface area (Å²) < 4.78 is 15.3. The zero-order valence-electron chi connectivity index (χ0n) is 15.5. The number of ether oxygens (including phenoxy) is 3. The molecule has 146 valence electrons. The Labute approximate surface area is 161 Å². The molecule has 0 atom stereocenters. The Morgan fingerprint density at radius 2 is 1.93 bits per heavy atom. The van der Waals surface area contributed by atoms with Crippen LogP contribution >= 0.6 is 11.3 Å². The summed E-state index contributed by atoms with van der Waals surface area (Å²) in [5.41, 5.74) is 1.02. The molecule has 0 unspecified atom stereocenters. The Balaban J connectivity index is 1.91. The van der Waals surface area contributed by atoms with Crippen LogP contribution in [0, 0.1) is 0 Å². The second kappa shape index (κ2) is 10.5. The molecule has 0 aliphatic carbocycles. The fourth-order valence-corrected chi connectivity index (χ4v) is 2.97. The molecule has 0 spiro atoms. The van der Waals surface area contributed by atoms with Crippen molar-refractivity contribution < 1.29 is 23.8 Å². The van der Waals surface area contributed by atoms with Crippen LogP contribution in [0.2, 0.25) is 0 Å². The summed E-state index contributed by atoms with van der Waals surface area (Å²) in [4.78, 5) is 28.5. The summed E-state index contributed by atoms with van der Waals surface area (Å²) in [5.74, 6) is 0.576. The fourth-order valence-electron chi connectivity index (χ4n) is 2.26. The summed E-state index contributed by atoms with van der Waals surface area (Å²) in [5, 5.41) is 7.70. The van der Waals surface area contributed by atoms with E-state index in [1.54, 1.807) is 30.7 Å². The molecule has 0 bridgehead atoms. The predicted molar refractivity (Wildman–Crippen MR) is 103 cm³/mol. The molecule has 2 rings (SSSR count). The van der Waals surface area contributed by atoms with Crippen molar-refractivity contribution in [2.24, 2.45) is 0 Å². The van der Waals surface area contributed by atoms with Gasteiger partial charge in [-0.05, 0) is 24.6 Å². The van der Waals surface area contributed by atoms with Crippen molar-refractivity contribution in [3.63, 3.8) is 0 Å². The minimum absolute atomic E-state index is 0.117. The Kier molecular flexibility index (Phi) is 8.02. The number of amides is 2. The van der Waals surface area contributed by atoms with Gasteiger partial charge < -0.3 is 19.5 Å². The zero-order chi connectivity index (χ0) is 19.6. The molecule has 1 heterocycles. The Bertz CT molecular complexity index is 778. The molecule has 0 saturated carbocycles. The van der Waals surface area contributed by atoms with E-state index < -0.39 is 0 Å². The molecule has 2 aromatic rings. The lowest BCUT2D eigenvalue weighted by Crippen LogP contribution is -2.26. The van der Waals surface area contributed by atoms with Gasteiger partial charge in [-0.15, -0.1) is 11.3 Å². The average molecular weight is 393 g/mol. The van der Waals surface area contributed by atoms with Crippen LogP contribution in [0.1, 0.15) is 22.5 Å². The van der Waals surface area contributed by atoms with Gasteiger partial charge in [0.15, 0.2) is 16.6 Å². The van der Waals surface area contributed by atoms with Crippen LogP contribution in [-0.2, 0) is 16.0 Å². The van der Waals surface area contributed by atoms with Gasteiger partial charge in [-0.2, -0.15) is 0 Å². The van der Waals surface area contributed by atoms with E-state index in [-0.39, 0.29) is 18.2 Å². The highest BCUT2D eigenvalue weighted by Crippen LogP contribution is 2.28. The SMILES string of the molecule is COCCCNC(=O)Cc1csc(NC(=O)c2ccc(OC)c(OC)c2)n1. The largest absolute Gasteiger partial charge is 0.493 e. The summed E-state index contributed by atoms with van der Waals surface area (Å²) in [6, 6.07) is 4.89. The lowest BCUT2D eigenvalue weighted by atomic mass is 10.2. The lowest BCUT2D eigenvalue weighted by molar-refractivity contribution is -0.120. The van der Waals surface area contributed by atoms with Gasteiger partial charge in [0.2, 0.25) is 5.91 Å². The Morgan fingerprint density at radius 3 is 2.63 bits per heavy atom. The third-order valence-corrected chi connectivity index (χ3v) is 4.41. The number of carbonyl (C=O) groups excluding carboxylic acids is 2. The Hall–Kier alpha value is -2.65. The van der Waals surface area contributed by atoms with Crippen molar-refractivity contribution in [3.05, 3.63) is 34.8 Å². The first-order valence-electron chi connectivity index (χ1n) is 8.30. The van der Waals surface area contributed by atoms with Crippen molar-refractivity contribution in [2.75, 3.05) is 39.8 Å². The van der Waals surface area contributed by atoms with Crippen LogP contribution in [0.5, 0.6) is 11.5 Å². The monoisotopic (exact) mass is 393 g/mol. The fraction of sp³-hybridized carbons (Fsp3) is 0.389. The molecule has 0 aliphatic heterocycles. The number of anilines is 1. The van der Waals surface area contributed by atoms with Crippen LogP contribution in [0.15, 0.2) is 23.6 Å². The molecule has 0 radical (unpaired) electrons. The van der Waals surface area contributed by atoms with Crippen molar-refractivity contribution in [3.8, 4) is 11.5 Å². The summed E-state index contributed by atoms with van der Waals surface area (Å²) >= 11 is 1.27. The van der Waals surface area contributed by atoms with E-state index in [2.05, 4.69) is 15.6 Å². The number of rotatable bonds is 10. The number of benzene rings is 1. The molecule has 0 aliphatic rings. The number of hydrogen-bond donors (Lipinski definition) is 2. The highest BCUT2D eigenvalue weighted by Gasteiger charge is 2.13. The summed E-state index contributed by atoms with van der Waals surface area (Å²) in [6.45, 7) is 1.16. The van der Waals surface area contributed by atoms with E-state index in [4.69, 9.17) is 14.2 Å². The molecule has 2 amide bonds. The standard InChI is InChI=1S/C18H23N3O5S/c1-24-8-4-7-19-16(22)10-13-11-27-18(20-13)21-17(23)12-5-6-14(25-2)15(9-12)26-3/h5-6,9,11H,4,7-8,10H2,1-3H3,(H,19,22)(H,20,21,23). The van der Waals surface area contributed by atoms with E-state index in [0.717, 1.165) is 6.42 Å². The van der Waals surface area contributed by atoms with E-state index in [1.807, 2.05) is 0 Å². The Morgan fingerprint density at radius 1 is 1.15 bits per heavy atom. The van der Waals surface area contributed by atoms with E-state index in [1.165, 1.54) is 25.6 Å². The van der Waals surface area contributed by atoms with Gasteiger partial charge >= 0.3 is 0 Å². The smallest absolute Gasteiger partial charge is 0.257 e. The van der Waals surface area contributed by atoms with Crippen molar-refractivity contribution >= 4 is 28.3 Å². The maximum atomic E-state index is 12.4. The second-order valence-electron chi connectivity index (χ2n) is 5.54. The quantitative estimate of drug-likeness (QED) is 0.600. The molecule has 2 N–H and O–H groups in total. The van der Waals surface area contributed by atoms with E-state index >= 15 is 0 Å². The number of methoxy groups -OCH3 is 3. The molecular weight excluding hydrogens is 370 g/mol. The van der Waals surface area contributed by atoms with Gasteiger partial charge in [0.1, 0.15) is 0 Å². The first kappa shape index (κ1) is 20.7. The normalized spacial score (nSPS) is 10.3. The van der Waals surface area contributed by atoms with Crippen LogP contribution in [0.3, 0.4) is 0 Å². The van der Waals surface area contributed by atoms with E-state index in [0.29, 0.717) is 41.0 Å². The molecule has 9 heteroatoms. The van der Waals surface area contributed by atoms with Crippen molar-refractivity contribution in [2.45, 2.75) is 12.8 Å². The van der Waals surface area contributed by atoms with Gasteiger partial charge in [0, 0.05) is 31.2 Å². The number of hydrogen-bond acceptors (Lipinski definition) is 7. The predicted octanol–water partition coefficient (Wildman–Crippen LogP) is 2.11. The summed E-state index contributed by atoms with van der Waals surface area (Å²) in [6.07, 6.45) is 0.918. The topological polar surface area (TPSA) is 98.8 Å². The molecule has 0 fully saturated rings. The zero-order valence-corrected chi connectivity index (χ0v) is 16.4. The number of aromatic nitrogens is 1. The molecule has 27 heavy (non-hydrogen) atoms. The van der Waals surface area contributed by atoms with Gasteiger partial charge in [0.05, 0.1) is 26.3 Å². The van der Waals surface area contributed by atoms with Gasteiger partial charge in [-0.3, -0.25) is 14.9 Å². The first-order chi connectivity index (χ1) is 13.1. The maximum Gasteiger partial charge on any atom is 0.257 e. The van der Waals surface area contributed by atoms with E-state index in [9.17, 15) is 9.59 Å². The van der Waals surface area contributed by atoms with Gasteiger partial charge in [0.25, 0.3) is 5.91 Å². The maximum absolute atomic E-state index is 12.4. The van der Waals surface area contributed by atoms with Gasteiger partial charge in [-0.25, -0.2) is 4.98 Å². The highest BCUT2D eigenvalue weighted by atomic mass is 32.1. The molecule has 8 nitrogen and oxygen atoms in total. The molecular formula is C18H23N3O5S. The minimum Gasteiger partial charge on any atom is -0.493 e. The van der Waals surface area contributed by atoms with Gasteiger partial charge in [-0.1, -0.05) is 0 Å². The van der Waals surface area contributed by atoms with Crippen LogP contribution in [0.4, 0.5) is 5.13 Å². The van der Waals surface area contributed by atoms with Crippen LogP contribution in [0.25, 0.3) is 0 Å². The number of thiazole rings is 1. The first-order valence-corrected chi connectivity index (χ1v) is 9.18. The summed E-state index contributed by atoms with van der Waals surface area (Å²) in [7, 11) is 4.66. The minimum atomic E-state index is -0.319. The van der Waals surface area contributed by atoms with Crippen LogP contribution < -0.4 is 20.1 Å². The molecule has 0 saturated heterocycles.